The number of fused-ring (bicyclic) bond motifs is 2. The molecule has 1 aromatic heterocycles. The molecule has 1 saturated carbocycles. The van der Waals surface area contributed by atoms with E-state index in [1.54, 1.807) is 72.8 Å². The number of hydrogen-bond acceptors (Lipinski definition) is 6. The van der Waals surface area contributed by atoms with E-state index in [1.165, 1.54) is 4.90 Å². The van der Waals surface area contributed by atoms with E-state index in [0.717, 1.165) is 25.7 Å². The molecular weight excluding hydrogens is 587 g/mol. The van der Waals surface area contributed by atoms with E-state index in [1.807, 2.05) is 6.07 Å². The summed E-state index contributed by atoms with van der Waals surface area (Å²) < 4.78 is 5.76. The van der Waals surface area contributed by atoms with Gasteiger partial charge in [-0.05, 0) is 61.4 Å². The minimum absolute atomic E-state index is 0.121. The van der Waals surface area contributed by atoms with Crippen LogP contribution in [0.2, 0.25) is 5.02 Å². The number of esters is 1. The predicted octanol–water partition coefficient (Wildman–Crippen LogP) is 7.27. The van der Waals surface area contributed by atoms with Crippen molar-refractivity contribution in [1.82, 2.24) is 4.98 Å². The Kier molecular flexibility index (Phi) is 8.28. The highest BCUT2D eigenvalue weighted by Gasteiger charge is 2.48. The van der Waals surface area contributed by atoms with E-state index in [2.05, 4.69) is 0 Å². The number of imide groups is 1. The van der Waals surface area contributed by atoms with Crippen molar-refractivity contribution in [3.63, 3.8) is 0 Å². The number of nitrogens with zero attached hydrogens (tertiary/aromatic N) is 2. The molecule has 3 atom stereocenters. The van der Waals surface area contributed by atoms with Crippen LogP contribution in [0.15, 0.2) is 78.9 Å². The average molecular weight is 616 g/mol. The molecule has 4 aromatic rings. The first-order chi connectivity index (χ1) is 20.9. The number of benzene rings is 3. The average Bonchev–Trinajstić information content (AvgIpc) is 3.29. The zero-order valence-corrected chi connectivity index (χ0v) is 24.7. The molecule has 0 bridgehead atoms. The summed E-state index contributed by atoms with van der Waals surface area (Å²) in [6, 6.07) is 22.2. The summed E-state index contributed by atoms with van der Waals surface area (Å²) in [5.41, 5.74) is 2.91. The van der Waals surface area contributed by atoms with Gasteiger partial charge in [-0.2, -0.15) is 0 Å². The molecule has 7 nitrogen and oxygen atoms in total. The highest BCUT2D eigenvalue weighted by atomic mass is 35.5. The quantitative estimate of drug-likeness (QED) is 0.0896. The Balaban J connectivity index is 1.29. The first-order valence-electron chi connectivity index (χ1n) is 14.3. The molecule has 1 aliphatic carbocycles. The molecule has 2 amide bonds. The Morgan fingerprint density at radius 1 is 0.907 bits per heavy atom. The van der Waals surface area contributed by atoms with Crippen LogP contribution in [0, 0.1) is 11.8 Å². The number of pyridine rings is 1. The predicted molar refractivity (Wildman–Crippen MR) is 165 cm³/mol. The van der Waals surface area contributed by atoms with Crippen molar-refractivity contribution in [1.29, 1.82) is 0 Å². The topological polar surface area (TPSA) is 93.6 Å². The number of para-hydroxylation sites is 1. The number of aromatic nitrogens is 1. The Labute approximate surface area is 258 Å². The van der Waals surface area contributed by atoms with Gasteiger partial charge in [0.2, 0.25) is 17.6 Å². The number of carbonyl (C=O) groups excluding carboxylic acids is 4. The molecular formula is C34H28Cl2N2O5. The lowest BCUT2D eigenvalue weighted by Gasteiger charge is -2.19. The van der Waals surface area contributed by atoms with Crippen LogP contribution in [0.25, 0.3) is 22.2 Å². The number of carbonyl (C=O) groups is 4. The van der Waals surface area contributed by atoms with Gasteiger partial charge in [0.05, 0.1) is 34.3 Å². The smallest absolute Gasteiger partial charge is 0.339 e. The van der Waals surface area contributed by atoms with Gasteiger partial charge in [-0.1, -0.05) is 54.8 Å². The van der Waals surface area contributed by atoms with Crippen molar-refractivity contribution < 1.29 is 23.9 Å². The highest BCUT2D eigenvalue weighted by Crippen LogP contribution is 2.40. The fourth-order valence-electron chi connectivity index (χ4n) is 6.03. The van der Waals surface area contributed by atoms with E-state index < -0.39 is 12.1 Å². The van der Waals surface area contributed by atoms with E-state index >= 15 is 0 Å². The minimum atomic E-state index is -1.08. The molecule has 3 unspecified atom stereocenters. The van der Waals surface area contributed by atoms with Gasteiger partial charge < -0.3 is 4.74 Å². The normalized spacial score (nSPS) is 18.9. The van der Waals surface area contributed by atoms with Crippen LogP contribution >= 0.6 is 23.2 Å². The van der Waals surface area contributed by atoms with Crippen molar-refractivity contribution in [3.8, 4) is 11.3 Å². The van der Waals surface area contributed by atoms with Crippen LogP contribution in [-0.2, 0) is 14.3 Å². The summed E-state index contributed by atoms with van der Waals surface area (Å²) in [5, 5.41) is 1.06. The van der Waals surface area contributed by atoms with Crippen molar-refractivity contribution in [2.24, 2.45) is 11.8 Å². The first-order valence-corrected chi connectivity index (χ1v) is 15.2. The van der Waals surface area contributed by atoms with Crippen molar-refractivity contribution in [2.75, 3.05) is 10.8 Å². The number of hydrogen-bond donors (Lipinski definition) is 0. The molecule has 6 rings (SSSR count). The zero-order valence-electron chi connectivity index (χ0n) is 23.2. The number of ether oxygens (including phenoxy) is 1. The van der Waals surface area contributed by atoms with E-state index in [0.29, 0.717) is 38.4 Å². The number of anilines is 1. The summed E-state index contributed by atoms with van der Waals surface area (Å²) >= 11 is 11.9. The molecule has 1 saturated heterocycles. The van der Waals surface area contributed by atoms with Crippen LogP contribution in [0.3, 0.4) is 0 Å². The Bertz CT molecular complexity index is 1700. The molecule has 0 radical (unpaired) electrons. The van der Waals surface area contributed by atoms with Crippen LogP contribution in [-0.4, -0.2) is 40.5 Å². The van der Waals surface area contributed by atoms with E-state index in [4.69, 9.17) is 32.9 Å². The Morgan fingerprint density at radius 2 is 1.56 bits per heavy atom. The SMILES string of the molecule is O=C(OC(CCCl)C(=O)c1ccc(Cl)cc1)c1cc(-c2ccc(N3C(=O)C4CCCCC4C3=O)cc2)nc2ccccc12. The molecule has 3 aromatic carbocycles. The zero-order chi connectivity index (χ0) is 30.1. The van der Waals surface area contributed by atoms with Crippen LogP contribution in [0.4, 0.5) is 5.69 Å². The van der Waals surface area contributed by atoms with Crippen LogP contribution in [0.1, 0.15) is 52.8 Å². The number of amides is 2. The monoisotopic (exact) mass is 614 g/mol. The second-order valence-corrected chi connectivity index (χ2v) is 11.7. The van der Waals surface area contributed by atoms with Gasteiger partial charge in [0, 0.05) is 33.8 Å². The molecule has 1 aliphatic heterocycles. The third-order valence-corrected chi connectivity index (χ3v) is 8.71. The van der Waals surface area contributed by atoms with E-state index in [-0.39, 0.29) is 47.3 Å². The van der Waals surface area contributed by atoms with Gasteiger partial charge in [-0.25, -0.2) is 9.78 Å². The first kappa shape index (κ1) is 29.0. The number of ketones is 1. The third-order valence-electron chi connectivity index (χ3n) is 8.24. The second-order valence-electron chi connectivity index (χ2n) is 10.9. The summed E-state index contributed by atoms with van der Waals surface area (Å²) in [6.07, 6.45) is 2.49. The standard InChI is InChI=1S/C34H28Cl2N2O5/c35-18-17-30(31(39)21-9-13-22(36)14-10-21)43-34(42)27-19-29(37-28-8-4-3-5-24(27)28)20-11-15-23(16-12-20)38-32(40)25-6-1-2-7-26(25)33(38)41/h3-5,8-16,19,25-26,30H,1-2,6-7,17-18H2. The van der Waals surface area contributed by atoms with Gasteiger partial charge in [0.25, 0.3) is 0 Å². The maximum absolute atomic E-state index is 13.6. The number of alkyl halides is 1. The lowest BCUT2D eigenvalue weighted by molar-refractivity contribution is -0.122. The number of rotatable bonds is 8. The molecule has 0 N–H and O–H groups in total. The molecule has 2 heterocycles. The molecule has 9 heteroatoms. The van der Waals surface area contributed by atoms with Crippen molar-refractivity contribution in [3.05, 3.63) is 95.0 Å². The van der Waals surface area contributed by atoms with Gasteiger partial charge >= 0.3 is 5.97 Å². The van der Waals surface area contributed by atoms with Crippen LogP contribution in [0.5, 0.6) is 0 Å². The molecule has 218 valence electrons. The van der Waals surface area contributed by atoms with E-state index in [9.17, 15) is 19.2 Å². The maximum Gasteiger partial charge on any atom is 0.339 e. The third kappa shape index (κ3) is 5.67. The summed E-state index contributed by atoms with van der Waals surface area (Å²) in [5.74, 6) is -1.64. The second kappa shape index (κ2) is 12.3. The highest BCUT2D eigenvalue weighted by molar-refractivity contribution is 6.30. The number of Topliss-reactive ketones (excluding diaryl/α,β-unsaturated/α-hetero) is 1. The maximum atomic E-state index is 13.6. The Morgan fingerprint density at radius 3 is 2.21 bits per heavy atom. The van der Waals surface area contributed by atoms with Crippen molar-refractivity contribution in [2.45, 2.75) is 38.2 Å². The molecule has 0 spiro atoms. The summed E-state index contributed by atoms with van der Waals surface area (Å²) in [6.45, 7) is 0. The summed E-state index contributed by atoms with van der Waals surface area (Å²) in [7, 11) is 0. The molecule has 43 heavy (non-hydrogen) atoms. The Hall–Kier alpha value is -4.07. The van der Waals surface area contributed by atoms with Crippen LogP contribution < -0.4 is 4.90 Å². The van der Waals surface area contributed by atoms with Gasteiger partial charge in [-0.3, -0.25) is 19.3 Å². The fourth-order valence-corrected chi connectivity index (χ4v) is 6.35. The lowest BCUT2D eigenvalue weighted by Crippen LogP contribution is -2.30. The molecule has 2 fully saturated rings. The summed E-state index contributed by atoms with van der Waals surface area (Å²) in [4.78, 5) is 59.0. The fraction of sp³-hybridized carbons (Fsp3) is 0.265. The lowest BCUT2D eigenvalue weighted by atomic mass is 9.81. The minimum Gasteiger partial charge on any atom is -0.450 e. The van der Waals surface area contributed by atoms with Crippen molar-refractivity contribution >= 4 is 63.4 Å². The van der Waals surface area contributed by atoms with Gasteiger partial charge in [0.1, 0.15) is 0 Å². The number of halogens is 2. The molecule has 2 aliphatic rings. The largest absolute Gasteiger partial charge is 0.450 e. The van der Waals surface area contributed by atoms with Gasteiger partial charge in [-0.15, -0.1) is 11.6 Å². The van der Waals surface area contributed by atoms with Gasteiger partial charge in [0.15, 0.2) is 6.10 Å².